The van der Waals surface area contributed by atoms with Crippen molar-refractivity contribution in [2.24, 2.45) is 0 Å². The molecule has 1 fully saturated rings. The summed E-state index contributed by atoms with van der Waals surface area (Å²) in [5.74, 6) is 4.99. The zero-order chi connectivity index (χ0) is 24.5. The van der Waals surface area contributed by atoms with E-state index in [0.717, 1.165) is 76.8 Å². The molecule has 1 saturated heterocycles. The Balaban J connectivity index is 1.58. The first kappa shape index (κ1) is 23.7. The lowest BCUT2D eigenvalue weighted by molar-refractivity contribution is 0.723. The van der Waals surface area contributed by atoms with E-state index in [4.69, 9.17) is 15.0 Å². The van der Waals surface area contributed by atoms with Gasteiger partial charge in [-0.05, 0) is 58.4 Å². The molecular weight excluding hydrogens is 452 g/mol. The maximum absolute atomic E-state index is 5.17. The van der Waals surface area contributed by atoms with Gasteiger partial charge < -0.3 is 10.2 Å². The number of nitrogens with one attached hydrogen (secondary N) is 1. The summed E-state index contributed by atoms with van der Waals surface area (Å²) in [6.07, 6.45) is 0.926. The number of hydrogen-bond acceptors (Lipinski definition) is 6. The van der Waals surface area contributed by atoms with Crippen LogP contribution in [0.15, 0.2) is 42.5 Å². The highest BCUT2D eigenvalue weighted by Gasteiger charge is 2.23. The van der Waals surface area contributed by atoms with Crippen molar-refractivity contribution in [3.05, 3.63) is 70.7 Å². The second-order valence-corrected chi connectivity index (χ2v) is 10.6. The molecule has 1 atom stereocenters. The predicted octanol–water partition coefficient (Wildman–Crippen LogP) is 6.17. The molecule has 0 amide bonds. The lowest BCUT2D eigenvalue weighted by atomic mass is 10.0. The van der Waals surface area contributed by atoms with Gasteiger partial charge in [-0.25, -0.2) is 9.97 Å². The van der Waals surface area contributed by atoms with Crippen molar-refractivity contribution < 1.29 is 0 Å². The Morgan fingerprint density at radius 2 is 1.66 bits per heavy atom. The Morgan fingerprint density at radius 3 is 2.37 bits per heavy atom. The lowest BCUT2D eigenvalue weighted by Crippen LogP contribution is -2.34. The Morgan fingerprint density at radius 1 is 0.943 bits per heavy atom. The van der Waals surface area contributed by atoms with Gasteiger partial charge in [0.15, 0.2) is 0 Å². The molecule has 0 bridgehead atoms. The molecule has 182 valence electrons. The van der Waals surface area contributed by atoms with Crippen LogP contribution in [0.25, 0.3) is 16.9 Å². The molecule has 0 saturated carbocycles. The molecule has 4 heterocycles. The molecule has 5 rings (SSSR count). The zero-order valence-corrected chi connectivity index (χ0v) is 22.1. The lowest BCUT2D eigenvalue weighted by Gasteiger charge is -2.32. The van der Waals surface area contributed by atoms with Gasteiger partial charge in [0.2, 0.25) is 5.95 Å². The molecule has 0 spiro atoms. The topological polar surface area (TPSA) is 58.9 Å². The minimum atomic E-state index is 0.0874. The van der Waals surface area contributed by atoms with Crippen molar-refractivity contribution in [2.45, 2.75) is 47.1 Å². The molecule has 0 aliphatic carbocycles. The molecule has 35 heavy (non-hydrogen) atoms. The average molecular weight is 487 g/mol. The van der Waals surface area contributed by atoms with Crippen molar-refractivity contribution in [1.29, 1.82) is 0 Å². The molecule has 1 aliphatic heterocycles. The summed E-state index contributed by atoms with van der Waals surface area (Å²) in [4.78, 5) is 17.5. The first-order valence-electron chi connectivity index (χ1n) is 12.5. The number of pyridine rings is 1. The number of aromatic nitrogens is 4. The van der Waals surface area contributed by atoms with Gasteiger partial charge in [0.05, 0.1) is 11.6 Å². The molecule has 7 heteroatoms. The van der Waals surface area contributed by atoms with Crippen LogP contribution >= 0.6 is 11.8 Å². The quantitative estimate of drug-likeness (QED) is 0.352. The molecule has 3 aromatic heterocycles. The third-order valence-electron chi connectivity index (χ3n) is 6.99. The third-order valence-corrected chi connectivity index (χ3v) is 7.93. The van der Waals surface area contributed by atoms with Crippen LogP contribution < -0.4 is 10.2 Å². The molecule has 1 unspecified atom stereocenters. The monoisotopic (exact) mass is 486 g/mol. The van der Waals surface area contributed by atoms with Crippen LogP contribution in [0.3, 0.4) is 0 Å². The van der Waals surface area contributed by atoms with E-state index in [0.29, 0.717) is 0 Å². The van der Waals surface area contributed by atoms with Gasteiger partial charge >= 0.3 is 0 Å². The standard InChI is InChI=1S/C28H34N6S/c1-6-24(30-26-20(4)21(5)29-28(32-26)34-18(2)11-12-19(34)3)23-17-22-9-7-8-10-25(22)31-27(23)33-13-15-35-16-14-33/h7-12,17,24H,6,13-16H2,1-5H3,(H,29,30,32). The van der Waals surface area contributed by atoms with Crippen LogP contribution in [-0.4, -0.2) is 44.1 Å². The largest absolute Gasteiger partial charge is 0.363 e. The summed E-state index contributed by atoms with van der Waals surface area (Å²) in [7, 11) is 0. The minimum absolute atomic E-state index is 0.0874. The minimum Gasteiger partial charge on any atom is -0.363 e. The van der Waals surface area contributed by atoms with Crippen LogP contribution in [-0.2, 0) is 0 Å². The second kappa shape index (κ2) is 9.90. The van der Waals surface area contributed by atoms with E-state index < -0.39 is 0 Å². The Bertz CT molecular complexity index is 1340. The highest BCUT2D eigenvalue weighted by Crippen LogP contribution is 2.34. The van der Waals surface area contributed by atoms with Crippen molar-refractivity contribution in [2.75, 3.05) is 34.8 Å². The van der Waals surface area contributed by atoms with Crippen molar-refractivity contribution in [3.8, 4) is 5.95 Å². The third kappa shape index (κ3) is 4.61. The highest BCUT2D eigenvalue weighted by molar-refractivity contribution is 7.99. The number of fused-ring (bicyclic) bond motifs is 1. The SMILES string of the molecule is CCC(Nc1nc(-n2c(C)ccc2C)nc(C)c1C)c1cc2ccccc2nc1N1CCSCC1. The first-order valence-corrected chi connectivity index (χ1v) is 13.6. The number of thioether (sulfide) groups is 1. The molecule has 1 aromatic carbocycles. The van der Waals surface area contributed by atoms with Gasteiger partial charge in [-0.2, -0.15) is 16.7 Å². The summed E-state index contributed by atoms with van der Waals surface area (Å²) in [5.41, 5.74) is 6.63. The number of anilines is 2. The maximum Gasteiger partial charge on any atom is 0.236 e. The average Bonchev–Trinajstić information content (AvgIpc) is 3.22. The molecule has 1 N–H and O–H groups in total. The fraction of sp³-hybridized carbons (Fsp3) is 0.393. The van der Waals surface area contributed by atoms with E-state index in [1.807, 2.05) is 11.8 Å². The summed E-state index contributed by atoms with van der Waals surface area (Å²) >= 11 is 2.02. The van der Waals surface area contributed by atoms with Crippen LogP contribution in [0.5, 0.6) is 0 Å². The number of nitrogens with zero attached hydrogens (tertiary/aromatic N) is 5. The van der Waals surface area contributed by atoms with E-state index in [1.165, 1.54) is 10.9 Å². The van der Waals surface area contributed by atoms with Gasteiger partial charge in [0.25, 0.3) is 0 Å². The van der Waals surface area contributed by atoms with Crippen LogP contribution in [0, 0.1) is 27.7 Å². The van der Waals surface area contributed by atoms with E-state index in [1.54, 1.807) is 0 Å². The number of rotatable bonds is 6. The van der Waals surface area contributed by atoms with Gasteiger partial charge in [-0.15, -0.1) is 0 Å². The Hall–Kier alpha value is -3.06. The zero-order valence-electron chi connectivity index (χ0n) is 21.3. The van der Waals surface area contributed by atoms with Gasteiger partial charge in [-0.1, -0.05) is 25.1 Å². The van der Waals surface area contributed by atoms with Gasteiger partial charge in [0, 0.05) is 58.2 Å². The molecule has 4 aromatic rings. The Kier molecular flexibility index (Phi) is 6.69. The van der Waals surface area contributed by atoms with Crippen molar-refractivity contribution in [1.82, 2.24) is 19.5 Å². The van der Waals surface area contributed by atoms with Gasteiger partial charge in [0.1, 0.15) is 11.6 Å². The normalized spacial score (nSPS) is 14.9. The van der Waals surface area contributed by atoms with Gasteiger partial charge in [-0.3, -0.25) is 4.57 Å². The summed E-state index contributed by atoms with van der Waals surface area (Å²) in [5, 5.41) is 4.98. The summed E-state index contributed by atoms with van der Waals surface area (Å²) in [6.45, 7) is 12.6. The Labute approximate surface area is 212 Å². The van der Waals surface area contributed by atoms with E-state index in [9.17, 15) is 0 Å². The van der Waals surface area contributed by atoms with E-state index in [2.05, 4.69) is 91.9 Å². The molecular formula is C28H34N6S. The number of hydrogen-bond donors (Lipinski definition) is 1. The van der Waals surface area contributed by atoms with E-state index >= 15 is 0 Å². The maximum atomic E-state index is 5.17. The van der Waals surface area contributed by atoms with Crippen molar-refractivity contribution >= 4 is 34.3 Å². The van der Waals surface area contributed by atoms with Crippen LogP contribution in [0.1, 0.15) is 47.6 Å². The fourth-order valence-corrected chi connectivity index (χ4v) is 5.71. The smallest absolute Gasteiger partial charge is 0.236 e. The molecule has 0 radical (unpaired) electrons. The highest BCUT2D eigenvalue weighted by atomic mass is 32.2. The van der Waals surface area contributed by atoms with Crippen LogP contribution in [0.4, 0.5) is 11.6 Å². The summed E-state index contributed by atoms with van der Waals surface area (Å²) < 4.78 is 2.12. The number of para-hydroxylation sites is 1. The van der Waals surface area contributed by atoms with Crippen LogP contribution in [0.2, 0.25) is 0 Å². The fourth-order valence-electron chi connectivity index (χ4n) is 4.81. The van der Waals surface area contributed by atoms with Crippen molar-refractivity contribution in [3.63, 3.8) is 0 Å². The van der Waals surface area contributed by atoms with E-state index in [-0.39, 0.29) is 6.04 Å². The number of benzene rings is 1. The molecule has 1 aliphatic rings. The second-order valence-electron chi connectivity index (χ2n) is 9.33. The summed E-state index contributed by atoms with van der Waals surface area (Å²) in [6, 6.07) is 15.1. The molecule has 6 nitrogen and oxygen atoms in total. The number of aryl methyl sites for hydroxylation is 3. The predicted molar refractivity (Wildman–Crippen MR) is 148 cm³/mol. The first-order chi connectivity index (χ1) is 17.0.